The van der Waals surface area contributed by atoms with Crippen LogP contribution in [0.15, 0.2) is 42.5 Å². The molecular formula is C14H10F4N2O2. The molecule has 22 heavy (non-hydrogen) atoms. The average Bonchev–Trinajstić information content (AvgIpc) is 2.45. The Hall–Kier alpha value is -2.64. The molecule has 0 unspecified atom stereocenters. The number of hydrogen-bond acceptors (Lipinski definition) is 3. The fourth-order valence-electron chi connectivity index (χ4n) is 1.84. The molecule has 0 aliphatic rings. The van der Waals surface area contributed by atoms with Crippen LogP contribution in [-0.4, -0.2) is 4.92 Å². The first-order valence-electron chi connectivity index (χ1n) is 6.11. The number of rotatable bonds is 4. The smallest absolute Gasteiger partial charge is 0.381 e. The van der Waals surface area contributed by atoms with Crippen molar-refractivity contribution in [2.75, 3.05) is 5.32 Å². The van der Waals surface area contributed by atoms with Crippen molar-refractivity contribution in [3.63, 3.8) is 0 Å². The van der Waals surface area contributed by atoms with E-state index < -0.39 is 28.2 Å². The van der Waals surface area contributed by atoms with E-state index in [9.17, 15) is 27.7 Å². The Labute approximate surface area is 122 Å². The summed E-state index contributed by atoms with van der Waals surface area (Å²) in [6.07, 6.45) is -4.82. The molecule has 8 heteroatoms. The van der Waals surface area contributed by atoms with Gasteiger partial charge < -0.3 is 5.32 Å². The van der Waals surface area contributed by atoms with Crippen molar-refractivity contribution in [3.05, 3.63) is 69.5 Å². The van der Waals surface area contributed by atoms with Crippen molar-refractivity contribution in [1.29, 1.82) is 0 Å². The van der Waals surface area contributed by atoms with Crippen LogP contribution < -0.4 is 5.32 Å². The van der Waals surface area contributed by atoms with E-state index in [2.05, 4.69) is 5.32 Å². The van der Waals surface area contributed by atoms with Gasteiger partial charge in [-0.05, 0) is 29.8 Å². The van der Waals surface area contributed by atoms with Gasteiger partial charge in [-0.3, -0.25) is 10.1 Å². The highest BCUT2D eigenvalue weighted by molar-refractivity contribution is 5.55. The van der Waals surface area contributed by atoms with Gasteiger partial charge >= 0.3 is 6.18 Å². The van der Waals surface area contributed by atoms with Crippen LogP contribution in [0.5, 0.6) is 0 Å². The number of halogens is 4. The Morgan fingerprint density at radius 1 is 1.09 bits per heavy atom. The average molecular weight is 314 g/mol. The molecule has 0 bridgehead atoms. The maximum Gasteiger partial charge on any atom is 0.423 e. The zero-order chi connectivity index (χ0) is 16.3. The molecular weight excluding hydrogens is 304 g/mol. The minimum Gasteiger partial charge on any atom is -0.381 e. The number of anilines is 1. The predicted molar refractivity (Wildman–Crippen MR) is 71.8 cm³/mol. The van der Waals surface area contributed by atoms with Gasteiger partial charge in [0.2, 0.25) is 0 Å². The molecule has 0 aliphatic heterocycles. The lowest BCUT2D eigenvalue weighted by molar-refractivity contribution is -0.388. The van der Waals surface area contributed by atoms with E-state index in [0.29, 0.717) is 11.6 Å². The second kappa shape index (κ2) is 6.00. The summed E-state index contributed by atoms with van der Waals surface area (Å²) in [7, 11) is 0. The largest absolute Gasteiger partial charge is 0.423 e. The number of benzene rings is 2. The molecule has 0 saturated carbocycles. The first-order valence-corrected chi connectivity index (χ1v) is 6.11. The first kappa shape index (κ1) is 15.7. The molecule has 116 valence electrons. The quantitative estimate of drug-likeness (QED) is 0.518. The van der Waals surface area contributed by atoms with Crippen molar-refractivity contribution in [2.24, 2.45) is 0 Å². The van der Waals surface area contributed by atoms with Crippen molar-refractivity contribution in [3.8, 4) is 0 Å². The van der Waals surface area contributed by atoms with Crippen molar-refractivity contribution in [2.45, 2.75) is 12.7 Å². The monoisotopic (exact) mass is 314 g/mol. The van der Waals surface area contributed by atoms with Crippen molar-refractivity contribution >= 4 is 11.4 Å². The lowest BCUT2D eigenvalue weighted by Gasteiger charge is -2.11. The Morgan fingerprint density at radius 2 is 1.73 bits per heavy atom. The van der Waals surface area contributed by atoms with Crippen LogP contribution >= 0.6 is 0 Å². The molecule has 0 aliphatic carbocycles. The Bertz CT molecular complexity index is 684. The zero-order valence-electron chi connectivity index (χ0n) is 11.0. The molecule has 2 rings (SSSR count). The lowest BCUT2D eigenvalue weighted by atomic mass is 10.1. The van der Waals surface area contributed by atoms with Gasteiger partial charge in [-0.25, -0.2) is 4.39 Å². The minimum absolute atomic E-state index is 0.0854. The Balaban J connectivity index is 2.21. The summed E-state index contributed by atoms with van der Waals surface area (Å²) in [6.45, 7) is 0.162. The molecule has 0 saturated heterocycles. The van der Waals surface area contributed by atoms with E-state index in [1.54, 1.807) is 0 Å². The fourth-order valence-corrected chi connectivity index (χ4v) is 1.84. The first-order chi connectivity index (χ1) is 10.3. The normalized spacial score (nSPS) is 11.3. The van der Waals surface area contributed by atoms with Gasteiger partial charge in [0.05, 0.1) is 4.92 Å². The van der Waals surface area contributed by atoms with Gasteiger partial charge in [-0.2, -0.15) is 13.2 Å². The van der Waals surface area contributed by atoms with Gasteiger partial charge in [0.1, 0.15) is 11.4 Å². The zero-order valence-corrected chi connectivity index (χ0v) is 11.0. The summed E-state index contributed by atoms with van der Waals surface area (Å²) in [5.74, 6) is -0.418. The number of nitrogens with zero attached hydrogens (tertiary/aromatic N) is 1. The van der Waals surface area contributed by atoms with E-state index >= 15 is 0 Å². The van der Waals surface area contributed by atoms with Crippen LogP contribution in [0.1, 0.15) is 11.1 Å². The van der Waals surface area contributed by atoms with E-state index in [0.717, 1.165) is 6.07 Å². The van der Waals surface area contributed by atoms with Crippen LogP contribution in [0.3, 0.4) is 0 Å². The number of alkyl halides is 3. The van der Waals surface area contributed by atoms with Crippen molar-refractivity contribution in [1.82, 2.24) is 0 Å². The molecule has 0 atom stereocenters. The predicted octanol–water partition coefficient (Wildman–Crippen LogP) is 4.36. The molecule has 0 heterocycles. The number of nitro groups is 1. The highest BCUT2D eigenvalue weighted by Gasteiger charge is 2.38. The van der Waals surface area contributed by atoms with Crippen molar-refractivity contribution < 1.29 is 22.5 Å². The topological polar surface area (TPSA) is 55.2 Å². The maximum absolute atomic E-state index is 12.8. The van der Waals surface area contributed by atoms with Gasteiger partial charge in [0.25, 0.3) is 5.69 Å². The van der Waals surface area contributed by atoms with Gasteiger partial charge in [0.15, 0.2) is 0 Å². The fraction of sp³-hybridized carbons (Fsp3) is 0.143. The SMILES string of the molecule is O=[N+]([O-])c1ccc(NCc2ccc(F)cc2)cc1C(F)(F)F. The maximum atomic E-state index is 12.8. The highest BCUT2D eigenvalue weighted by Crippen LogP contribution is 2.37. The Morgan fingerprint density at radius 3 is 2.27 bits per heavy atom. The number of nitro benzene ring substituents is 1. The summed E-state index contributed by atoms with van der Waals surface area (Å²) in [6, 6.07) is 8.10. The van der Waals surface area contributed by atoms with Crippen LogP contribution in [0.2, 0.25) is 0 Å². The van der Waals surface area contributed by atoms with Crippen LogP contribution in [-0.2, 0) is 12.7 Å². The summed E-state index contributed by atoms with van der Waals surface area (Å²) in [4.78, 5) is 9.56. The van der Waals surface area contributed by atoms with E-state index in [4.69, 9.17) is 0 Å². The summed E-state index contributed by atoms with van der Waals surface area (Å²) >= 11 is 0. The van der Waals surface area contributed by atoms with Gasteiger partial charge in [-0.1, -0.05) is 12.1 Å². The lowest BCUT2D eigenvalue weighted by Crippen LogP contribution is -2.10. The van der Waals surface area contributed by atoms with E-state index in [1.165, 1.54) is 30.3 Å². The van der Waals surface area contributed by atoms with Crippen LogP contribution in [0, 0.1) is 15.9 Å². The molecule has 0 amide bonds. The number of hydrogen-bond donors (Lipinski definition) is 1. The molecule has 4 nitrogen and oxygen atoms in total. The van der Waals surface area contributed by atoms with Crippen LogP contribution in [0.25, 0.3) is 0 Å². The molecule has 2 aromatic rings. The third-order valence-electron chi connectivity index (χ3n) is 2.91. The molecule has 1 N–H and O–H groups in total. The van der Waals surface area contributed by atoms with Gasteiger partial charge in [0, 0.05) is 18.3 Å². The molecule has 0 aromatic heterocycles. The van der Waals surface area contributed by atoms with E-state index in [-0.39, 0.29) is 12.2 Å². The summed E-state index contributed by atoms with van der Waals surface area (Å²) in [5, 5.41) is 13.4. The standard InChI is InChI=1S/C14H10F4N2O2/c15-10-3-1-9(2-4-10)8-19-11-5-6-13(20(21)22)12(7-11)14(16,17)18/h1-7,19H,8H2. The molecule has 0 radical (unpaired) electrons. The molecule has 0 spiro atoms. The summed E-state index contributed by atoms with van der Waals surface area (Å²) in [5.41, 5.74) is -1.57. The van der Waals surface area contributed by atoms with Crippen LogP contribution in [0.4, 0.5) is 28.9 Å². The second-order valence-electron chi connectivity index (χ2n) is 4.47. The number of nitrogens with one attached hydrogen (secondary N) is 1. The second-order valence-corrected chi connectivity index (χ2v) is 4.47. The minimum atomic E-state index is -4.82. The van der Waals surface area contributed by atoms with Gasteiger partial charge in [-0.15, -0.1) is 0 Å². The third kappa shape index (κ3) is 3.72. The summed E-state index contributed by atoms with van der Waals surface area (Å²) < 4.78 is 51.2. The van der Waals surface area contributed by atoms with E-state index in [1.807, 2.05) is 0 Å². The molecule has 0 fully saturated rings. The third-order valence-corrected chi connectivity index (χ3v) is 2.91. The Kier molecular flexibility index (Phi) is 4.30. The highest BCUT2D eigenvalue weighted by atomic mass is 19.4. The molecule has 2 aromatic carbocycles.